The third-order valence-corrected chi connectivity index (χ3v) is 20.1. The van der Waals surface area contributed by atoms with Crippen molar-refractivity contribution >= 4 is 95.7 Å². The standard InChI is InChI=1S/C28H27ClN4O3.C28H28N4O4.C27H26N4O3/c1-16-11-17(2)26-20(14-31(4)24(26)12-16)15-32-22-10-5-18(3)30-27(22)33(28(32)36)23(13-25(34)35)19-6-8-21(29)9-7-19;1-17-12-18(2)26-20(15-30(3)23(26)13-17)16-31-21-10-11-24(36-4)29-27(21)32(28(31)35)22(14-25(33)34)19-8-6-5-7-9-19;1-17-12-18(2)25-20(15-29(3)23(25)13-17)16-30-21-10-7-11-28-26(21)31(27(30)34)22(14-24(32)33)19-8-5-4-6-9-19/h5-12,14,23H,13,15H2,1-4H3,(H,34,35);5-13,15,22H,14,16H2,1-4H3,(H,33,34);4-13,15,22H,14,16H2,1-3H3,(H,32,33)/t23-;2*22-/m111/s1. The second-order valence-electron chi connectivity index (χ2n) is 27.5. The maximum absolute atomic E-state index is 14.0. The number of aromatic nitrogens is 12. The summed E-state index contributed by atoms with van der Waals surface area (Å²) in [5.74, 6) is -2.63. The number of imidazole rings is 3. The molecule has 540 valence electrons. The van der Waals surface area contributed by atoms with Crippen LogP contribution in [0.1, 0.15) is 110 Å². The van der Waals surface area contributed by atoms with Crippen LogP contribution in [0.2, 0.25) is 5.02 Å². The molecule has 0 bridgehead atoms. The summed E-state index contributed by atoms with van der Waals surface area (Å²) in [7, 11) is 7.53. The molecule has 6 aromatic carbocycles. The second-order valence-corrected chi connectivity index (χ2v) is 27.9. The lowest BCUT2D eigenvalue weighted by Gasteiger charge is -2.17. The van der Waals surface area contributed by atoms with E-state index in [0.29, 0.717) is 69.6 Å². The first-order chi connectivity index (χ1) is 50.8. The van der Waals surface area contributed by atoms with Gasteiger partial charge in [-0.3, -0.25) is 41.8 Å². The minimum Gasteiger partial charge on any atom is -0.481 e. The molecule has 0 spiro atoms. The van der Waals surface area contributed by atoms with Crippen molar-refractivity contribution in [2.75, 3.05) is 7.11 Å². The van der Waals surface area contributed by atoms with Crippen molar-refractivity contribution in [1.82, 2.24) is 56.1 Å². The highest BCUT2D eigenvalue weighted by Crippen LogP contribution is 2.35. The average Bonchev–Trinajstić information content (AvgIpc) is 1.61. The molecule has 0 aliphatic rings. The minimum atomic E-state index is -1.00. The fraction of sp³-hybridized carbons (Fsp3) is 0.241. The number of aryl methyl sites for hydroxylation is 10. The third kappa shape index (κ3) is 13.9. The van der Waals surface area contributed by atoms with Gasteiger partial charge in [0.25, 0.3) is 0 Å². The molecule has 0 aliphatic carbocycles. The van der Waals surface area contributed by atoms with Gasteiger partial charge in [0.2, 0.25) is 5.88 Å². The number of carbonyl (C=O) groups is 3. The molecule has 106 heavy (non-hydrogen) atoms. The summed E-state index contributed by atoms with van der Waals surface area (Å²) in [5.41, 5.74) is 18.7. The van der Waals surface area contributed by atoms with Crippen LogP contribution in [0.4, 0.5) is 0 Å². The Kier molecular flexibility index (Phi) is 20.0. The molecule has 0 unspecified atom stereocenters. The first-order valence-electron chi connectivity index (χ1n) is 34.7. The molecule has 15 rings (SSSR count). The van der Waals surface area contributed by atoms with E-state index < -0.39 is 36.0 Å². The largest absolute Gasteiger partial charge is 0.481 e. The smallest absolute Gasteiger partial charge is 0.331 e. The number of hydrogen-bond acceptors (Lipinski definition) is 10. The average molecular weight is 1440 g/mol. The van der Waals surface area contributed by atoms with E-state index in [1.165, 1.54) is 37.5 Å². The molecule has 23 heteroatoms. The predicted octanol–water partition coefficient (Wildman–Crippen LogP) is 14.2. The summed E-state index contributed by atoms with van der Waals surface area (Å²) < 4.78 is 21.2. The summed E-state index contributed by atoms with van der Waals surface area (Å²) in [6.45, 7) is 15.4. The Morgan fingerprint density at radius 3 is 1.17 bits per heavy atom. The van der Waals surface area contributed by atoms with Crippen LogP contribution in [0.5, 0.6) is 5.88 Å². The molecule has 3 N–H and O–H groups in total. The van der Waals surface area contributed by atoms with Crippen LogP contribution in [0, 0.1) is 48.5 Å². The van der Waals surface area contributed by atoms with Crippen LogP contribution in [-0.2, 0) is 55.2 Å². The van der Waals surface area contributed by atoms with Crippen LogP contribution in [-0.4, -0.2) is 96.4 Å². The molecule has 0 fully saturated rings. The van der Waals surface area contributed by atoms with Gasteiger partial charge in [-0.15, -0.1) is 0 Å². The molecule has 0 radical (unpaired) electrons. The maximum Gasteiger partial charge on any atom is 0.331 e. The van der Waals surface area contributed by atoms with E-state index in [4.69, 9.17) is 16.3 Å². The van der Waals surface area contributed by atoms with E-state index >= 15 is 0 Å². The Bertz CT molecular complexity index is 6130. The number of pyridine rings is 3. The van der Waals surface area contributed by atoms with Crippen molar-refractivity contribution in [2.45, 2.75) is 105 Å². The highest BCUT2D eigenvalue weighted by Gasteiger charge is 2.30. The predicted molar refractivity (Wildman–Crippen MR) is 413 cm³/mol. The normalized spacial score (nSPS) is 12.4. The highest BCUT2D eigenvalue weighted by atomic mass is 35.5. The zero-order valence-corrected chi connectivity index (χ0v) is 61.5. The Morgan fingerprint density at radius 2 is 0.783 bits per heavy atom. The summed E-state index contributed by atoms with van der Waals surface area (Å²) >= 11 is 6.08. The molecule has 22 nitrogen and oxygen atoms in total. The molecular weight excluding hydrogens is 1360 g/mol. The monoisotopic (exact) mass is 1440 g/mol. The number of halogens is 1. The van der Waals surface area contributed by atoms with Crippen LogP contribution in [0.25, 0.3) is 66.2 Å². The Hall–Kier alpha value is -12.3. The molecule has 0 amide bonds. The van der Waals surface area contributed by atoms with Crippen LogP contribution in [0.15, 0.2) is 197 Å². The van der Waals surface area contributed by atoms with Gasteiger partial charge in [0.1, 0.15) is 0 Å². The van der Waals surface area contributed by atoms with E-state index in [1.54, 1.807) is 56.3 Å². The molecule has 3 atom stereocenters. The fourth-order valence-corrected chi connectivity index (χ4v) is 15.5. The third-order valence-electron chi connectivity index (χ3n) is 19.8. The minimum absolute atomic E-state index is 0.216. The number of aliphatic carboxylic acids is 3. The van der Waals surface area contributed by atoms with Gasteiger partial charge in [-0.2, -0.15) is 4.98 Å². The molecule has 0 saturated heterocycles. The highest BCUT2D eigenvalue weighted by molar-refractivity contribution is 6.30. The van der Waals surface area contributed by atoms with E-state index in [1.807, 2.05) is 113 Å². The number of nitrogens with zero attached hydrogens (tertiary/aromatic N) is 12. The van der Waals surface area contributed by atoms with Crippen LogP contribution < -0.4 is 21.8 Å². The van der Waals surface area contributed by atoms with Gasteiger partial charge in [0, 0.05) is 95.4 Å². The summed E-state index contributed by atoms with van der Waals surface area (Å²) in [6.07, 6.45) is 7.08. The van der Waals surface area contributed by atoms with Crippen molar-refractivity contribution in [3.8, 4) is 5.88 Å². The Labute approximate surface area is 614 Å². The number of methoxy groups -OCH3 is 1. The lowest BCUT2D eigenvalue weighted by atomic mass is 10.0. The van der Waals surface area contributed by atoms with Crippen LogP contribution >= 0.6 is 11.6 Å². The van der Waals surface area contributed by atoms with Crippen molar-refractivity contribution in [2.24, 2.45) is 21.1 Å². The molecule has 9 aromatic heterocycles. The SMILES string of the molecule is COc1ccc2c(n1)n([C@H](CC(=O)O)c1ccccc1)c(=O)n2Cc1cn(C)c2cc(C)cc(C)c12.Cc1cc(C)c2c(Cn3c(=O)n([C@H](CC(=O)O)c4ccc(Cl)cc4)c4nc(C)ccc43)cn(C)c2c1.Cc1cc(C)c2c(Cn3c(=O)n([C@H](CC(=O)O)c4ccccc4)c4ncccc43)cn(C)c2c1. The van der Waals surface area contributed by atoms with Gasteiger partial charge in [-0.1, -0.05) is 103 Å². The summed E-state index contributed by atoms with van der Waals surface area (Å²) in [6, 6.07) is 47.1. The molecule has 9 heterocycles. The first kappa shape index (κ1) is 72.1. The number of carboxylic acid groups (broad SMARTS) is 3. The van der Waals surface area contributed by atoms with Gasteiger partial charge in [-0.25, -0.2) is 24.4 Å². The lowest BCUT2D eigenvalue weighted by molar-refractivity contribution is -0.138. The van der Waals surface area contributed by atoms with E-state index in [9.17, 15) is 44.1 Å². The van der Waals surface area contributed by atoms with Crippen LogP contribution in [0.3, 0.4) is 0 Å². The zero-order valence-electron chi connectivity index (χ0n) is 60.7. The van der Waals surface area contributed by atoms with E-state index in [2.05, 4.69) is 125 Å². The van der Waals surface area contributed by atoms with Gasteiger partial charge >= 0.3 is 35.0 Å². The van der Waals surface area contributed by atoms with Crippen molar-refractivity contribution in [1.29, 1.82) is 0 Å². The Morgan fingerprint density at radius 1 is 0.425 bits per heavy atom. The number of carboxylic acids is 3. The summed E-state index contributed by atoms with van der Waals surface area (Å²) in [5, 5.41) is 33.0. The van der Waals surface area contributed by atoms with Gasteiger partial charge in [0.05, 0.1) is 80.7 Å². The van der Waals surface area contributed by atoms with Crippen molar-refractivity contribution in [3.05, 3.63) is 291 Å². The van der Waals surface area contributed by atoms with E-state index in [0.717, 1.165) is 82.9 Å². The topological polar surface area (TPSA) is 255 Å². The van der Waals surface area contributed by atoms with Gasteiger partial charge < -0.3 is 33.8 Å². The van der Waals surface area contributed by atoms with Gasteiger partial charge in [-0.05, 0) is 176 Å². The maximum atomic E-state index is 14.0. The Balaban J connectivity index is 0.000000141. The van der Waals surface area contributed by atoms with Crippen molar-refractivity contribution < 1.29 is 34.4 Å². The number of fused-ring (bicyclic) bond motifs is 6. The number of rotatable bonds is 19. The van der Waals surface area contributed by atoms with Gasteiger partial charge in [0.15, 0.2) is 16.9 Å². The number of hydrogen-bond donors (Lipinski definition) is 3. The van der Waals surface area contributed by atoms with Crippen molar-refractivity contribution in [3.63, 3.8) is 0 Å². The molecular formula is C83H81ClN12O10. The molecule has 0 aliphatic heterocycles. The quantitative estimate of drug-likeness (QED) is 0.0681. The molecule has 0 saturated carbocycles. The second kappa shape index (κ2) is 29.4. The number of ether oxygens (including phenoxy) is 1. The summed E-state index contributed by atoms with van der Waals surface area (Å²) in [4.78, 5) is 91.2. The lowest BCUT2D eigenvalue weighted by Crippen LogP contribution is -2.29. The molecule has 15 aromatic rings. The van der Waals surface area contributed by atoms with E-state index in [-0.39, 0.29) is 36.3 Å². The zero-order chi connectivity index (χ0) is 75.3. The first-order valence-corrected chi connectivity index (χ1v) is 35.1. The number of benzene rings is 6. The fourth-order valence-electron chi connectivity index (χ4n) is 15.4.